The summed E-state index contributed by atoms with van der Waals surface area (Å²) in [6, 6.07) is 13.6. The summed E-state index contributed by atoms with van der Waals surface area (Å²) < 4.78 is 17.0. The lowest BCUT2D eigenvalue weighted by Gasteiger charge is -2.20. The molecular weight excluding hydrogens is 464 g/mol. The molecule has 7 nitrogen and oxygen atoms in total. The molecule has 0 aliphatic heterocycles. The van der Waals surface area contributed by atoms with Crippen molar-refractivity contribution in [3.8, 4) is 28.4 Å². The van der Waals surface area contributed by atoms with Gasteiger partial charge in [0.25, 0.3) is 5.91 Å². The molecule has 0 saturated heterocycles. The molecule has 3 N–H and O–H groups in total. The van der Waals surface area contributed by atoms with E-state index in [0.717, 1.165) is 22.3 Å². The Morgan fingerprint density at radius 3 is 2.34 bits per heavy atom. The van der Waals surface area contributed by atoms with E-state index in [1.807, 2.05) is 24.5 Å². The molecule has 8 heteroatoms. The molecule has 0 saturated carbocycles. The van der Waals surface area contributed by atoms with Crippen molar-refractivity contribution in [2.45, 2.75) is 23.8 Å². The van der Waals surface area contributed by atoms with Crippen molar-refractivity contribution in [1.29, 1.82) is 0 Å². The first-order valence-electron chi connectivity index (χ1n) is 11.1. The summed E-state index contributed by atoms with van der Waals surface area (Å²) in [5.74, 6) is 1.32. The molecule has 1 amide bonds. The van der Waals surface area contributed by atoms with Gasteiger partial charge in [-0.2, -0.15) is 0 Å². The molecule has 3 aromatic rings. The molecule has 182 valence electrons. The first kappa shape index (κ1) is 24.5. The zero-order valence-corrected chi connectivity index (χ0v) is 21.0. The van der Waals surface area contributed by atoms with Crippen LogP contribution >= 0.6 is 11.8 Å². The average Bonchev–Trinajstić information content (AvgIpc) is 3.11. The number of hydrogen-bond acceptors (Lipinski definition) is 7. The number of aryl methyl sites for hydroxylation is 1. The highest BCUT2D eigenvalue weighted by atomic mass is 32.2. The highest BCUT2D eigenvalue weighted by Gasteiger charge is 2.30. The number of amides is 1. The SMILES string of the molecule is COc1cc2c(c(OC)c1OC)-c1ccc(SC)c(=O)cc1[C@@H](NC(=O)c1ccc(N)cc1)CC2. The molecule has 0 spiro atoms. The number of nitrogen functional groups attached to an aromatic ring is 1. The van der Waals surface area contributed by atoms with E-state index in [0.29, 0.717) is 46.2 Å². The van der Waals surface area contributed by atoms with Gasteiger partial charge in [0.05, 0.1) is 32.3 Å². The van der Waals surface area contributed by atoms with Crippen LogP contribution in [-0.2, 0) is 6.42 Å². The van der Waals surface area contributed by atoms with Crippen LogP contribution in [0.2, 0.25) is 0 Å². The number of hydrogen-bond donors (Lipinski definition) is 2. The van der Waals surface area contributed by atoms with Gasteiger partial charge in [0, 0.05) is 16.8 Å². The van der Waals surface area contributed by atoms with Crippen molar-refractivity contribution in [3.63, 3.8) is 0 Å². The van der Waals surface area contributed by atoms with Crippen LogP contribution in [0.5, 0.6) is 17.2 Å². The Balaban J connectivity index is 1.93. The van der Waals surface area contributed by atoms with E-state index in [9.17, 15) is 9.59 Å². The van der Waals surface area contributed by atoms with Gasteiger partial charge in [0.2, 0.25) is 5.75 Å². The first-order valence-corrected chi connectivity index (χ1v) is 12.3. The zero-order valence-electron chi connectivity index (χ0n) is 20.1. The maximum Gasteiger partial charge on any atom is 0.251 e. The molecule has 0 aromatic heterocycles. The second-order valence-electron chi connectivity index (χ2n) is 8.15. The van der Waals surface area contributed by atoms with E-state index in [2.05, 4.69) is 5.32 Å². The monoisotopic (exact) mass is 492 g/mol. The third kappa shape index (κ3) is 4.66. The summed E-state index contributed by atoms with van der Waals surface area (Å²) in [4.78, 5) is 26.8. The minimum Gasteiger partial charge on any atom is -0.493 e. The van der Waals surface area contributed by atoms with E-state index in [-0.39, 0.29) is 11.3 Å². The van der Waals surface area contributed by atoms with Gasteiger partial charge in [-0.05, 0) is 78.3 Å². The van der Waals surface area contributed by atoms with Gasteiger partial charge in [-0.1, -0.05) is 6.07 Å². The average molecular weight is 493 g/mol. The van der Waals surface area contributed by atoms with Gasteiger partial charge in [-0.15, -0.1) is 11.8 Å². The third-order valence-electron chi connectivity index (χ3n) is 6.20. The third-order valence-corrected chi connectivity index (χ3v) is 6.98. The Morgan fingerprint density at radius 1 is 1.00 bits per heavy atom. The number of benzene rings is 2. The van der Waals surface area contributed by atoms with Gasteiger partial charge in [0.1, 0.15) is 0 Å². The first-order chi connectivity index (χ1) is 16.9. The fourth-order valence-electron chi connectivity index (χ4n) is 4.49. The van der Waals surface area contributed by atoms with Crippen LogP contribution in [0.4, 0.5) is 5.69 Å². The quantitative estimate of drug-likeness (QED) is 0.387. The van der Waals surface area contributed by atoms with Crippen LogP contribution < -0.4 is 30.7 Å². The zero-order chi connectivity index (χ0) is 25.1. The van der Waals surface area contributed by atoms with Crippen molar-refractivity contribution in [2.75, 3.05) is 33.3 Å². The molecule has 35 heavy (non-hydrogen) atoms. The minimum atomic E-state index is -0.404. The summed E-state index contributed by atoms with van der Waals surface area (Å²) in [5, 5.41) is 3.13. The number of ether oxygens (including phenoxy) is 3. The largest absolute Gasteiger partial charge is 0.493 e. The fraction of sp³-hybridized carbons (Fsp3) is 0.259. The van der Waals surface area contributed by atoms with Gasteiger partial charge in [-0.3, -0.25) is 9.59 Å². The maximum absolute atomic E-state index is 13.1. The second kappa shape index (κ2) is 10.3. The van der Waals surface area contributed by atoms with Crippen molar-refractivity contribution in [2.24, 2.45) is 0 Å². The summed E-state index contributed by atoms with van der Waals surface area (Å²) in [6.45, 7) is 0. The summed E-state index contributed by atoms with van der Waals surface area (Å²) >= 11 is 1.38. The molecule has 0 fully saturated rings. The van der Waals surface area contributed by atoms with Gasteiger partial charge in [0.15, 0.2) is 16.9 Å². The molecule has 0 bridgehead atoms. The Bertz CT molecular complexity index is 1320. The number of carbonyl (C=O) groups is 1. The van der Waals surface area contributed by atoms with E-state index in [4.69, 9.17) is 19.9 Å². The van der Waals surface area contributed by atoms with Crippen LogP contribution in [0.1, 0.15) is 33.9 Å². The molecule has 1 aliphatic rings. The number of nitrogens with two attached hydrogens (primary N) is 1. The van der Waals surface area contributed by atoms with E-state index in [1.54, 1.807) is 51.7 Å². The van der Waals surface area contributed by atoms with Crippen LogP contribution in [-0.4, -0.2) is 33.5 Å². The summed E-state index contributed by atoms with van der Waals surface area (Å²) in [6.07, 6.45) is 3.07. The molecular formula is C27H28N2O5S. The van der Waals surface area contributed by atoms with Crippen molar-refractivity contribution >= 4 is 23.4 Å². The normalized spacial score (nSPS) is 14.2. The molecule has 0 unspecified atom stereocenters. The smallest absolute Gasteiger partial charge is 0.251 e. The predicted octanol–water partition coefficient (Wildman–Crippen LogP) is 4.46. The Hall–Kier alpha value is -3.65. The lowest BCUT2D eigenvalue weighted by atomic mass is 9.95. The van der Waals surface area contributed by atoms with Crippen molar-refractivity contribution in [1.82, 2.24) is 5.32 Å². The topological polar surface area (TPSA) is 99.9 Å². The van der Waals surface area contributed by atoms with Crippen LogP contribution in [0.3, 0.4) is 0 Å². The molecule has 0 heterocycles. The molecule has 1 aliphatic carbocycles. The highest BCUT2D eigenvalue weighted by Crippen LogP contribution is 2.50. The summed E-state index contributed by atoms with van der Waals surface area (Å²) in [7, 11) is 4.73. The fourth-order valence-corrected chi connectivity index (χ4v) is 4.96. The number of fused-ring (bicyclic) bond motifs is 3. The Kier molecular flexibility index (Phi) is 7.21. The number of carbonyl (C=O) groups excluding carboxylic acids is 1. The van der Waals surface area contributed by atoms with Gasteiger partial charge >= 0.3 is 0 Å². The van der Waals surface area contributed by atoms with E-state index in [1.165, 1.54) is 11.8 Å². The van der Waals surface area contributed by atoms with E-state index >= 15 is 0 Å². The Labute approximate surface area is 208 Å². The molecule has 0 radical (unpaired) electrons. The number of rotatable bonds is 6. The summed E-state index contributed by atoms with van der Waals surface area (Å²) in [5.41, 5.74) is 10.1. The van der Waals surface area contributed by atoms with Crippen molar-refractivity contribution in [3.05, 3.63) is 75.4 Å². The lowest BCUT2D eigenvalue weighted by molar-refractivity contribution is 0.0935. The number of thioether (sulfide) groups is 1. The number of nitrogens with one attached hydrogen (secondary N) is 1. The van der Waals surface area contributed by atoms with Gasteiger partial charge in [-0.25, -0.2) is 0 Å². The van der Waals surface area contributed by atoms with E-state index < -0.39 is 6.04 Å². The van der Waals surface area contributed by atoms with Crippen molar-refractivity contribution < 1.29 is 19.0 Å². The predicted molar refractivity (Wildman–Crippen MR) is 139 cm³/mol. The van der Waals surface area contributed by atoms with Crippen LogP contribution in [0.15, 0.2) is 58.2 Å². The number of methoxy groups -OCH3 is 3. The van der Waals surface area contributed by atoms with Gasteiger partial charge < -0.3 is 25.3 Å². The highest BCUT2D eigenvalue weighted by molar-refractivity contribution is 7.98. The number of anilines is 1. The second-order valence-corrected chi connectivity index (χ2v) is 8.99. The molecule has 3 aromatic carbocycles. The standard InChI is InChI=1S/C27H28N2O5S/c1-32-22-13-16-7-11-20(29-27(31)15-5-8-17(28)9-6-15)19-14-21(30)23(35-4)12-10-18(19)24(16)26(34-3)25(22)33-2/h5-6,8-10,12-14,20H,7,11,28H2,1-4H3,(H,29,31)/t20-/m0/s1. The van der Waals surface area contributed by atoms with Crippen LogP contribution in [0, 0.1) is 0 Å². The Morgan fingerprint density at radius 2 is 1.71 bits per heavy atom. The lowest BCUT2D eigenvalue weighted by Crippen LogP contribution is -2.29. The minimum absolute atomic E-state index is 0.103. The maximum atomic E-state index is 13.1. The van der Waals surface area contributed by atoms with Crippen LogP contribution in [0.25, 0.3) is 11.1 Å². The molecule has 1 atom stereocenters. The molecule has 4 rings (SSSR count).